The van der Waals surface area contributed by atoms with Crippen LogP contribution in [0.15, 0.2) is 0 Å². The fourth-order valence-corrected chi connectivity index (χ4v) is 8.90. The molecule has 4 aliphatic rings. The van der Waals surface area contributed by atoms with Crippen molar-refractivity contribution in [3.05, 3.63) is 0 Å². The minimum Gasteiger partial charge on any atom is -0.387 e. The van der Waals surface area contributed by atoms with Gasteiger partial charge in [0.1, 0.15) is 5.78 Å². The Morgan fingerprint density at radius 1 is 1.07 bits per heavy atom. The van der Waals surface area contributed by atoms with Crippen molar-refractivity contribution in [3.8, 4) is 0 Å². The summed E-state index contributed by atoms with van der Waals surface area (Å²) >= 11 is 0. The molecule has 0 radical (unpaired) electrons. The second kappa shape index (κ2) is 6.83. The number of Topliss-reactive ketones (excluding diaryl/α,β-unsaturated/α-hetero) is 1. The number of fused-ring (bicyclic) bond motifs is 5. The van der Waals surface area contributed by atoms with Crippen LogP contribution in [0.3, 0.4) is 0 Å². The first-order chi connectivity index (χ1) is 12.8. The summed E-state index contributed by atoms with van der Waals surface area (Å²) in [6.45, 7) is 7.15. The van der Waals surface area contributed by atoms with E-state index >= 15 is 0 Å². The number of methoxy groups -OCH3 is 1. The third kappa shape index (κ3) is 2.86. The molecular weight excluding hydrogens is 336 g/mol. The largest absolute Gasteiger partial charge is 0.387 e. The number of hydrogen-bond donors (Lipinski definition) is 1. The lowest BCUT2D eigenvalue weighted by Crippen LogP contribution is -2.57. The lowest BCUT2D eigenvalue weighted by Gasteiger charge is -2.63. The molecule has 154 valence electrons. The van der Waals surface area contributed by atoms with Gasteiger partial charge in [-0.2, -0.15) is 0 Å². The number of carbonyl (C=O) groups excluding carboxylic acids is 1. The van der Waals surface area contributed by atoms with E-state index in [1.165, 1.54) is 38.5 Å². The topological polar surface area (TPSA) is 46.5 Å². The Bertz CT molecular complexity index is 588. The molecule has 0 aromatic heterocycles. The molecule has 0 bridgehead atoms. The van der Waals surface area contributed by atoms with Crippen LogP contribution in [0.2, 0.25) is 0 Å². The first-order valence-corrected chi connectivity index (χ1v) is 11.5. The zero-order valence-corrected chi connectivity index (χ0v) is 17.9. The van der Waals surface area contributed by atoms with Crippen LogP contribution in [0.1, 0.15) is 85.0 Å². The molecule has 4 rings (SSSR count). The maximum atomic E-state index is 12.3. The van der Waals surface area contributed by atoms with E-state index < -0.39 is 5.60 Å². The highest BCUT2D eigenvalue weighted by Gasteiger charge is 2.62. The lowest BCUT2D eigenvalue weighted by molar-refractivity contribution is -0.171. The smallest absolute Gasteiger partial charge is 0.133 e. The summed E-state index contributed by atoms with van der Waals surface area (Å²) in [5, 5.41) is 11.0. The standard InChI is InChI=1S/C24H40O3/c1-5-24-13-12-23(26,15-27-4)14-17(24)6-7-18-20-9-8-19(16(2)25)22(20,3)11-10-21(18)24/h17-21,26H,5-15H2,1-4H3/t17-,18-,19+,20-,21-,22+,23+,24-/m0/s1. The van der Waals surface area contributed by atoms with Crippen LogP contribution < -0.4 is 0 Å². The molecule has 0 heterocycles. The van der Waals surface area contributed by atoms with Crippen molar-refractivity contribution >= 4 is 5.78 Å². The number of ketones is 1. The number of ether oxygens (including phenoxy) is 1. The molecule has 4 aliphatic carbocycles. The van der Waals surface area contributed by atoms with E-state index in [1.807, 2.05) is 6.92 Å². The van der Waals surface area contributed by atoms with Gasteiger partial charge in [0.05, 0.1) is 12.2 Å². The highest BCUT2D eigenvalue weighted by atomic mass is 16.5. The molecular formula is C24H40O3. The van der Waals surface area contributed by atoms with Crippen LogP contribution >= 0.6 is 0 Å². The summed E-state index contributed by atoms with van der Waals surface area (Å²) in [6.07, 6.45) is 11.7. The van der Waals surface area contributed by atoms with Gasteiger partial charge in [-0.05, 0) is 106 Å². The van der Waals surface area contributed by atoms with Crippen molar-refractivity contribution in [1.29, 1.82) is 0 Å². The quantitative estimate of drug-likeness (QED) is 0.751. The summed E-state index contributed by atoms with van der Waals surface area (Å²) in [5.41, 5.74) is 0.0555. The Kier molecular flexibility index (Phi) is 5.03. The SMILES string of the molecule is CC[C@]12CC[C@](O)(COC)C[C@@H]1CC[C@H]1[C@@H]3CC[C@H](C(C)=O)[C@@]3(C)CC[C@@H]12. The average molecular weight is 377 g/mol. The van der Waals surface area contributed by atoms with E-state index in [9.17, 15) is 9.90 Å². The van der Waals surface area contributed by atoms with Gasteiger partial charge in [0.25, 0.3) is 0 Å². The fourth-order valence-electron chi connectivity index (χ4n) is 8.90. The number of aliphatic hydroxyl groups is 1. The van der Waals surface area contributed by atoms with Gasteiger partial charge in [-0.3, -0.25) is 4.79 Å². The first kappa shape index (κ1) is 19.9. The van der Waals surface area contributed by atoms with E-state index in [0.29, 0.717) is 29.6 Å². The molecule has 0 spiro atoms. The first-order valence-electron chi connectivity index (χ1n) is 11.5. The van der Waals surface area contributed by atoms with Crippen LogP contribution in [-0.2, 0) is 9.53 Å². The molecule has 0 saturated heterocycles. The summed E-state index contributed by atoms with van der Waals surface area (Å²) < 4.78 is 5.36. The monoisotopic (exact) mass is 376 g/mol. The van der Waals surface area contributed by atoms with Gasteiger partial charge in [-0.1, -0.05) is 13.8 Å². The molecule has 0 aliphatic heterocycles. The van der Waals surface area contributed by atoms with Crippen molar-refractivity contribution in [2.75, 3.05) is 13.7 Å². The molecule has 4 saturated carbocycles. The molecule has 27 heavy (non-hydrogen) atoms. The highest BCUT2D eigenvalue weighted by Crippen LogP contribution is 2.68. The summed E-state index contributed by atoms with van der Waals surface area (Å²) in [4.78, 5) is 12.3. The molecule has 0 aromatic rings. The van der Waals surface area contributed by atoms with E-state index in [-0.39, 0.29) is 5.41 Å². The van der Waals surface area contributed by atoms with Crippen molar-refractivity contribution in [3.63, 3.8) is 0 Å². The number of hydrogen-bond acceptors (Lipinski definition) is 3. The van der Waals surface area contributed by atoms with Crippen LogP contribution in [0, 0.1) is 40.4 Å². The summed E-state index contributed by atoms with van der Waals surface area (Å²) in [7, 11) is 1.71. The average Bonchev–Trinajstić information content (AvgIpc) is 2.99. The maximum absolute atomic E-state index is 12.3. The van der Waals surface area contributed by atoms with Gasteiger partial charge < -0.3 is 9.84 Å². The van der Waals surface area contributed by atoms with Gasteiger partial charge in [-0.15, -0.1) is 0 Å². The Balaban J connectivity index is 1.60. The minimum absolute atomic E-state index is 0.250. The molecule has 4 fully saturated rings. The molecule has 0 aromatic carbocycles. The highest BCUT2D eigenvalue weighted by molar-refractivity contribution is 5.79. The third-order valence-electron chi connectivity index (χ3n) is 10.1. The molecule has 3 nitrogen and oxygen atoms in total. The molecule has 1 N–H and O–H groups in total. The fraction of sp³-hybridized carbons (Fsp3) is 0.958. The van der Waals surface area contributed by atoms with Crippen molar-refractivity contribution < 1.29 is 14.6 Å². The Hall–Kier alpha value is -0.410. The van der Waals surface area contributed by atoms with Crippen molar-refractivity contribution in [1.82, 2.24) is 0 Å². The van der Waals surface area contributed by atoms with Gasteiger partial charge in [0.15, 0.2) is 0 Å². The van der Waals surface area contributed by atoms with E-state index in [0.717, 1.165) is 43.4 Å². The van der Waals surface area contributed by atoms with Gasteiger partial charge in [0, 0.05) is 13.0 Å². The molecule has 0 unspecified atom stereocenters. The van der Waals surface area contributed by atoms with Gasteiger partial charge >= 0.3 is 0 Å². The van der Waals surface area contributed by atoms with Crippen LogP contribution in [0.25, 0.3) is 0 Å². The van der Waals surface area contributed by atoms with Gasteiger partial charge in [0.2, 0.25) is 0 Å². The van der Waals surface area contributed by atoms with Gasteiger partial charge in [-0.25, -0.2) is 0 Å². The Labute approximate surface area is 165 Å². The number of carbonyl (C=O) groups is 1. The number of rotatable bonds is 4. The molecule has 3 heteroatoms. The van der Waals surface area contributed by atoms with E-state index in [4.69, 9.17) is 4.74 Å². The van der Waals surface area contributed by atoms with Crippen molar-refractivity contribution in [2.45, 2.75) is 90.6 Å². The Morgan fingerprint density at radius 2 is 1.85 bits per heavy atom. The normalized spacial score (nSPS) is 52.0. The van der Waals surface area contributed by atoms with Crippen LogP contribution in [0.5, 0.6) is 0 Å². The van der Waals surface area contributed by atoms with E-state index in [1.54, 1.807) is 7.11 Å². The predicted molar refractivity (Wildman–Crippen MR) is 107 cm³/mol. The molecule has 8 atom stereocenters. The zero-order chi connectivity index (χ0) is 19.4. The second-order valence-electron chi connectivity index (χ2n) is 10.9. The van der Waals surface area contributed by atoms with E-state index in [2.05, 4.69) is 13.8 Å². The van der Waals surface area contributed by atoms with Crippen LogP contribution in [0.4, 0.5) is 0 Å². The lowest BCUT2D eigenvalue weighted by atomic mass is 9.42. The molecule has 0 amide bonds. The predicted octanol–water partition coefficient (Wildman–Crippen LogP) is 5.00. The Morgan fingerprint density at radius 3 is 2.52 bits per heavy atom. The van der Waals surface area contributed by atoms with Crippen LogP contribution in [-0.4, -0.2) is 30.2 Å². The van der Waals surface area contributed by atoms with Crippen molar-refractivity contribution in [2.24, 2.45) is 40.4 Å². The third-order valence-corrected chi connectivity index (χ3v) is 10.1. The maximum Gasteiger partial charge on any atom is 0.133 e. The second-order valence-corrected chi connectivity index (χ2v) is 10.9. The summed E-state index contributed by atoms with van der Waals surface area (Å²) in [5.74, 6) is 3.73. The zero-order valence-electron chi connectivity index (χ0n) is 17.9. The summed E-state index contributed by atoms with van der Waals surface area (Å²) in [6, 6.07) is 0. The minimum atomic E-state index is -0.610.